The highest BCUT2D eigenvalue weighted by Gasteiger charge is 2.28. The minimum Gasteiger partial charge on any atom is -0.297 e. The standard InChI is InChI=1S/C27H30N2/c1-19(2)24-16-15-22(17-25(24)20(3)4)27-18-26(21-11-7-5-8-12-21)28-29(27)23-13-9-6-10-14-23/h5-20,27-28H,1-4H3. The van der Waals surface area contributed by atoms with Gasteiger partial charge in [-0.2, -0.15) is 0 Å². The topological polar surface area (TPSA) is 15.3 Å². The molecule has 0 radical (unpaired) electrons. The van der Waals surface area contributed by atoms with Crippen molar-refractivity contribution >= 4 is 11.4 Å². The van der Waals surface area contributed by atoms with Crippen molar-refractivity contribution in [2.45, 2.75) is 45.6 Å². The van der Waals surface area contributed by atoms with Crippen molar-refractivity contribution in [3.63, 3.8) is 0 Å². The average molecular weight is 383 g/mol. The number of benzene rings is 3. The Hall–Kier alpha value is -3.00. The van der Waals surface area contributed by atoms with Gasteiger partial charge in [-0.1, -0.05) is 94.4 Å². The molecule has 0 aromatic heterocycles. The van der Waals surface area contributed by atoms with Crippen LogP contribution in [0, 0.1) is 0 Å². The molecule has 0 amide bonds. The molecule has 1 aliphatic heterocycles. The molecule has 0 aliphatic carbocycles. The Bertz CT molecular complexity index is 988. The lowest BCUT2D eigenvalue weighted by Crippen LogP contribution is -2.34. The van der Waals surface area contributed by atoms with E-state index in [4.69, 9.17) is 0 Å². The maximum atomic E-state index is 3.65. The van der Waals surface area contributed by atoms with Gasteiger partial charge in [0.1, 0.15) is 0 Å². The van der Waals surface area contributed by atoms with Crippen molar-refractivity contribution in [2.75, 3.05) is 5.01 Å². The van der Waals surface area contributed by atoms with Crippen molar-refractivity contribution in [1.82, 2.24) is 5.43 Å². The zero-order chi connectivity index (χ0) is 20.4. The van der Waals surface area contributed by atoms with Crippen molar-refractivity contribution in [3.8, 4) is 0 Å². The molecule has 1 unspecified atom stereocenters. The van der Waals surface area contributed by atoms with Gasteiger partial charge in [-0.15, -0.1) is 0 Å². The normalized spacial score (nSPS) is 16.3. The van der Waals surface area contributed by atoms with Crippen LogP contribution < -0.4 is 10.4 Å². The van der Waals surface area contributed by atoms with Crippen molar-refractivity contribution in [3.05, 3.63) is 107 Å². The largest absolute Gasteiger partial charge is 0.297 e. The minimum absolute atomic E-state index is 0.145. The van der Waals surface area contributed by atoms with Crippen LogP contribution in [0.25, 0.3) is 5.70 Å². The number of rotatable bonds is 5. The summed E-state index contributed by atoms with van der Waals surface area (Å²) in [4.78, 5) is 0. The zero-order valence-electron chi connectivity index (χ0n) is 17.8. The fourth-order valence-electron chi connectivity index (χ4n) is 4.11. The van der Waals surface area contributed by atoms with Crippen LogP contribution in [0.3, 0.4) is 0 Å². The molecule has 3 aromatic carbocycles. The summed E-state index contributed by atoms with van der Waals surface area (Å²) in [5, 5.41) is 2.27. The second-order valence-corrected chi connectivity index (χ2v) is 8.41. The smallest absolute Gasteiger partial charge is 0.0958 e. The van der Waals surface area contributed by atoms with Crippen molar-refractivity contribution in [1.29, 1.82) is 0 Å². The summed E-state index contributed by atoms with van der Waals surface area (Å²) in [6.07, 6.45) is 2.34. The number of hydrogen-bond donors (Lipinski definition) is 1. The van der Waals surface area contributed by atoms with Gasteiger partial charge in [-0.05, 0) is 52.3 Å². The summed E-state index contributed by atoms with van der Waals surface area (Å²) in [7, 11) is 0. The highest BCUT2D eigenvalue weighted by atomic mass is 15.5. The van der Waals surface area contributed by atoms with Gasteiger partial charge in [0.05, 0.1) is 17.4 Å². The van der Waals surface area contributed by atoms with E-state index in [0.717, 1.165) is 5.70 Å². The van der Waals surface area contributed by atoms with Gasteiger partial charge in [0, 0.05) is 0 Å². The highest BCUT2D eigenvalue weighted by molar-refractivity contribution is 5.72. The molecular weight excluding hydrogens is 352 g/mol. The second-order valence-electron chi connectivity index (χ2n) is 8.41. The summed E-state index contributed by atoms with van der Waals surface area (Å²) in [5.74, 6) is 1.04. The van der Waals surface area contributed by atoms with Crippen LogP contribution in [-0.4, -0.2) is 0 Å². The second kappa shape index (κ2) is 8.16. The van der Waals surface area contributed by atoms with E-state index in [1.807, 2.05) is 0 Å². The predicted octanol–water partition coefficient (Wildman–Crippen LogP) is 7.04. The molecule has 4 rings (SSSR count). The lowest BCUT2D eigenvalue weighted by atomic mass is 9.87. The molecule has 3 aromatic rings. The van der Waals surface area contributed by atoms with E-state index in [0.29, 0.717) is 11.8 Å². The maximum absolute atomic E-state index is 3.65. The Labute approximate surface area is 174 Å². The van der Waals surface area contributed by atoms with Crippen LogP contribution in [0.1, 0.15) is 67.8 Å². The highest BCUT2D eigenvalue weighted by Crippen LogP contribution is 2.37. The maximum Gasteiger partial charge on any atom is 0.0958 e. The van der Waals surface area contributed by atoms with Gasteiger partial charge in [0.2, 0.25) is 0 Å². The number of hydrazine groups is 1. The molecule has 1 aliphatic rings. The number of nitrogens with zero attached hydrogens (tertiary/aromatic N) is 1. The molecule has 1 atom stereocenters. The monoisotopic (exact) mass is 382 g/mol. The first-order valence-corrected chi connectivity index (χ1v) is 10.6. The first kappa shape index (κ1) is 19.3. The third kappa shape index (κ3) is 3.93. The molecule has 0 saturated heterocycles. The van der Waals surface area contributed by atoms with Crippen LogP contribution in [0.15, 0.2) is 84.9 Å². The van der Waals surface area contributed by atoms with E-state index in [9.17, 15) is 0 Å². The van der Waals surface area contributed by atoms with Gasteiger partial charge in [0.25, 0.3) is 0 Å². The quantitative estimate of drug-likeness (QED) is 0.509. The third-order valence-electron chi connectivity index (χ3n) is 5.66. The molecule has 0 spiro atoms. The van der Waals surface area contributed by atoms with Crippen molar-refractivity contribution in [2.24, 2.45) is 0 Å². The third-order valence-corrected chi connectivity index (χ3v) is 5.66. The molecule has 1 N–H and O–H groups in total. The number of para-hydroxylation sites is 1. The Morgan fingerprint density at radius 2 is 1.34 bits per heavy atom. The molecule has 0 saturated carbocycles. The van der Waals surface area contributed by atoms with E-state index in [1.54, 1.807) is 0 Å². The first-order valence-electron chi connectivity index (χ1n) is 10.6. The molecule has 0 fully saturated rings. The average Bonchev–Trinajstić information content (AvgIpc) is 3.20. The molecule has 29 heavy (non-hydrogen) atoms. The van der Waals surface area contributed by atoms with E-state index in [2.05, 4.69) is 123 Å². The number of nitrogens with one attached hydrogen (secondary N) is 1. The fraction of sp³-hybridized carbons (Fsp3) is 0.259. The van der Waals surface area contributed by atoms with Crippen LogP contribution in [-0.2, 0) is 0 Å². The summed E-state index contributed by atoms with van der Waals surface area (Å²) >= 11 is 0. The van der Waals surface area contributed by atoms with E-state index in [-0.39, 0.29) is 6.04 Å². The lowest BCUT2D eigenvalue weighted by Gasteiger charge is -2.29. The van der Waals surface area contributed by atoms with Crippen LogP contribution in [0.5, 0.6) is 0 Å². The van der Waals surface area contributed by atoms with Gasteiger partial charge >= 0.3 is 0 Å². The summed E-state index contributed by atoms with van der Waals surface area (Å²) in [6, 6.07) is 28.3. The molecule has 2 heteroatoms. The summed E-state index contributed by atoms with van der Waals surface area (Å²) in [6.45, 7) is 9.14. The predicted molar refractivity (Wildman–Crippen MR) is 124 cm³/mol. The van der Waals surface area contributed by atoms with E-state index < -0.39 is 0 Å². The van der Waals surface area contributed by atoms with Crippen LogP contribution in [0.2, 0.25) is 0 Å². The van der Waals surface area contributed by atoms with Crippen LogP contribution in [0.4, 0.5) is 5.69 Å². The van der Waals surface area contributed by atoms with Gasteiger partial charge < -0.3 is 0 Å². The lowest BCUT2D eigenvalue weighted by molar-refractivity contribution is 0.717. The number of anilines is 1. The van der Waals surface area contributed by atoms with E-state index >= 15 is 0 Å². The molecular formula is C27H30N2. The SMILES string of the molecule is CC(C)c1ccc(C2C=C(c3ccccc3)NN2c2ccccc2)cc1C(C)C. The Balaban J connectivity index is 1.79. The van der Waals surface area contributed by atoms with Gasteiger partial charge in [0.15, 0.2) is 0 Å². The Morgan fingerprint density at radius 3 is 1.97 bits per heavy atom. The first-order chi connectivity index (χ1) is 14.0. The molecule has 0 bridgehead atoms. The summed E-state index contributed by atoms with van der Waals surface area (Å²) in [5.41, 5.74) is 11.4. The Kier molecular flexibility index (Phi) is 5.44. The molecule has 1 heterocycles. The minimum atomic E-state index is 0.145. The molecule has 148 valence electrons. The van der Waals surface area contributed by atoms with Gasteiger partial charge in [-0.3, -0.25) is 10.4 Å². The Morgan fingerprint density at radius 1 is 0.724 bits per heavy atom. The zero-order valence-corrected chi connectivity index (χ0v) is 17.8. The van der Waals surface area contributed by atoms with E-state index in [1.165, 1.54) is 27.9 Å². The van der Waals surface area contributed by atoms with Gasteiger partial charge in [-0.25, -0.2) is 0 Å². The van der Waals surface area contributed by atoms with Crippen LogP contribution >= 0.6 is 0 Å². The van der Waals surface area contributed by atoms with Crippen molar-refractivity contribution < 1.29 is 0 Å². The molecule has 2 nitrogen and oxygen atoms in total. The fourth-order valence-corrected chi connectivity index (χ4v) is 4.11. The number of hydrogen-bond acceptors (Lipinski definition) is 2. The summed E-state index contributed by atoms with van der Waals surface area (Å²) < 4.78 is 0.